The molecule has 0 heterocycles. The number of hydrogen-bond donors (Lipinski definition) is 0. The van der Waals surface area contributed by atoms with Crippen molar-refractivity contribution in [1.82, 2.24) is 0 Å². The summed E-state index contributed by atoms with van der Waals surface area (Å²) in [5.41, 5.74) is 20.3. The first-order valence-electron chi connectivity index (χ1n) is 23.0. The molecule has 12 aromatic rings. The fourth-order valence-electron chi connectivity index (χ4n) is 12.0. The molecule has 1 spiro atoms. The Morgan fingerprint density at radius 3 is 1.41 bits per heavy atom. The van der Waals surface area contributed by atoms with Crippen LogP contribution < -0.4 is 4.90 Å². The molecule has 2 aliphatic carbocycles. The lowest BCUT2D eigenvalue weighted by Gasteiger charge is -2.36. The highest BCUT2D eigenvalue weighted by Gasteiger charge is 2.50. The van der Waals surface area contributed by atoms with Gasteiger partial charge in [-0.05, 0) is 129 Å². The lowest BCUT2D eigenvalue weighted by molar-refractivity contribution is 0.777. The molecule has 14 rings (SSSR count). The number of benzene rings is 12. The van der Waals surface area contributed by atoms with Crippen LogP contribution in [0, 0.1) is 0 Å². The number of hydrogen-bond acceptors (Lipinski definition) is 1. The molecule has 1 unspecified atom stereocenters. The Morgan fingerprint density at radius 1 is 0.273 bits per heavy atom. The first kappa shape index (κ1) is 36.9. The third kappa shape index (κ3) is 5.11. The maximum Gasteiger partial charge on any atom is 0.0726 e. The summed E-state index contributed by atoms with van der Waals surface area (Å²) in [6, 6.07) is 93.0. The number of nitrogens with zero attached hydrogens (tertiary/aromatic N) is 1. The summed E-state index contributed by atoms with van der Waals surface area (Å²) in [6.07, 6.45) is 0. The Kier molecular flexibility index (Phi) is 7.97. The molecule has 12 aromatic carbocycles. The highest BCUT2D eigenvalue weighted by atomic mass is 15.1. The Morgan fingerprint density at radius 2 is 0.758 bits per heavy atom. The zero-order valence-electron chi connectivity index (χ0n) is 36.1. The number of rotatable bonds is 5. The minimum absolute atomic E-state index is 0.630. The summed E-state index contributed by atoms with van der Waals surface area (Å²) in [5.74, 6) is 0. The molecule has 0 saturated heterocycles. The largest absolute Gasteiger partial charge is 0.309 e. The molecular weight excluding hydrogens is 795 g/mol. The normalized spacial score (nSPS) is 14.4. The highest BCUT2D eigenvalue weighted by molar-refractivity contribution is 6.27. The van der Waals surface area contributed by atoms with Crippen molar-refractivity contribution in [3.05, 3.63) is 271 Å². The van der Waals surface area contributed by atoms with E-state index >= 15 is 0 Å². The van der Waals surface area contributed by atoms with Crippen LogP contribution in [-0.4, -0.2) is 0 Å². The van der Waals surface area contributed by atoms with E-state index in [2.05, 4.69) is 254 Å². The van der Waals surface area contributed by atoms with E-state index in [0.29, 0.717) is 0 Å². The second-order valence-corrected chi connectivity index (χ2v) is 17.9. The summed E-state index contributed by atoms with van der Waals surface area (Å²) in [4.78, 5) is 2.50. The second-order valence-electron chi connectivity index (χ2n) is 17.9. The average molecular weight is 836 g/mol. The molecule has 0 saturated carbocycles. The van der Waals surface area contributed by atoms with Crippen molar-refractivity contribution in [1.29, 1.82) is 0 Å². The van der Waals surface area contributed by atoms with Crippen LogP contribution >= 0.6 is 0 Å². The van der Waals surface area contributed by atoms with Gasteiger partial charge in [-0.2, -0.15) is 0 Å². The van der Waals surface area contributed by atoms with Crippen LogP contribution in [0.2, 0.25) is 0 Å². The molecule has 1 heteroatoms. The van der Waals surface area contributed by atoms with Gasteiger partial charge in [0, 0.05) is 16.8 Å². The maximum absolute atomic E-state index is 2.55. The minimum atomic E-state index is -0.630. The molecule has 2 aliphatic rings. The minimum Gasteiger partial charge on any atom is -0.309 e. The summed E-state index contributed by atoms with van der Waals surface area (Å²) >= 11 is 0. The number of fused-ring (bicyclic) bond motifs is 13. The van der Waals surface area contributed by atoms with Gasteiger partial charge in [0.15, 0.2) is 0 Å². The zero-order valence-corrected chi connectivity index (χ0v) is 36.1. The van der Waals surface area contributed by atoms with Crippen molar-refractivity contribution in [3.8, 4) is 55.6 Å². The molecule has 0 amide bonds. The van der Waals surface area contributed by atoms with Crippen molar-refractivity contribution < 1.29 is 0 Å². The van der Waals surface area contributed by atoms with Gasteiger partial charge in [0.1, 0.15) is 0 Å². The van der Waals surface area contributed by atoms with Crippen LogP contribution in [0.3, 0.4) is 0 Å². The van der Waals surface area contributed by atoms with Gasteiger partial charge in [0.2, 0.25) is 0 Å². The smallest absolute Gasteiger partial charge is 0.0726 e. The monoisotopic (exact) mass is 835 g/mol. The molecule has 1 atom stereocenters. The Balaban J connectivity index is 1.12. The van der Waals surface area contributed by atoms with Gasteiger partial charge in [0.05, 0.1) is 16.8 Å². The first-order chi connectivity index (χ1) is 32.8. The third-order valence-corrected chi connectivity index (χ3v) is 14.6. The fraction of sp³-hybridized carbons (Fsp3) is 0.0154. The topological polar surface area (TPSA) is 3.24 Å². The quantitative estimate of drug-likeness (QED) is 0.156. The van der Waals surface area contributed by atoms with E-state index in [1.807, 2.05) is 0 Å². The van der Waals surface area contributed by atoms with Crippen molar-refractivity contribution in [2.75, 3.05) is 4.90 Å². The predicted molar refractivity (Wildman–Crippen MR) is 277 cm³/mol. The summed E-state index contributed by atoms with van der Waals surface area (Å²) in [6.45, 7) is 0. The van der Waals surface area contributed by atoms with E-state index in [1.54, 1.807) is 0 Å². The van der Waals surface area contributed by atoms with E-state index in [-0.39, 0.29) is 0 Å². The van der Waals surface area contributed by atoms with Crippen molar-refractivity contribution in [3.63, 3.8) is 0 Å². The maximum atomic E-state index is 2.55. The van der Waals surface area contributed by atoms with Gasteiger partial charge in [0.25, 0.3) is 0 Å². The van der Waals surface area contributed by atoms with Gasteiger partial charge in [-0.1, -0.05) is 218 Å². The van der Waals surface area contributed by atoms with E-state index in [9.17, 15) is 0 Å². The molecule has 0 radical (unpaired) electrons. The molecule has 1 nitrogen and oxygen atoms in total. The average Bonchev–Trinajstić information content (AvgIpc) is 3.63. The van der Waals surface area contributed by atoms with Crippen molar-refractivity contribution in [2.45, 2.75) is 5.41 Å². The highest BCUT2D eigenvalue weighted by Crippen LogP contribution is 2.64. The fourth-order valence-corrected chi connectivity index (χ4v) is 12.0. The van der Waals surface area contributed by atoms with Gasteiger partial charge >= 0.3 is 0 Å². The van der Waals surface area contributed by atoms with Gasteiger partial charge in [-0.15, -0.1) is 0 Å². The Hall–Kier alpha value is -8.52. The SMILES string of the molecule is c1ccc(-c2ccccc2N(c2ccc3c(c2)-c2ccccc2-c2ccccc2C32c3ccccc3-c3c2cc2ccc4cccc5ccc3c2c45)c2ccccc2-c2ccccc2)cc1. The van der Waals surface area contributed by atoms with E-state index in [1.165, 1.54) is 110 Å². The number of para-hydroxylation sites is 2. The van der Waals surface area contributed by atoms with Crippen molar-refractivity contribution in [2.24, 2.45) is 0 Å². The molecular formula is C65H41N. The van der Waals surface area contributed by atoms with Gasteiger partial charge in [-0.25, -0.2) is 0 Å². The van der Waals surface area contributed by atoms with Gasteiger partial charge in [-0.3, -0.25) is 0 Å². The van der Waals surface area contributed by atoms with E-state index in [4.69, 9.17) is 0 Å². The summed E-state index contributed by atoms with van der Waals surface area (Å²) in [7, 11) is 0. The Bertz CT molecular complexity index is 3780. The standard InChI is InChI=1S/C65H41N/c1-3-18-42(19-4-1)48-24-11-15-32-60(48)66(61-33-16-12-25-49(61)43-20-5-2-6-21-43)47-37-39-58-55(41-47)51-27-8-7-26-50(51)52-28-9-13-30-56(52)65(58)57-31-14-10-29-53(57)64-54-38-36-45-23-17-22-44-34-35-46(40-59(64)65)63(54)62(44)45/h1-41H. The molecule has 0 aromatic heterocycles. The molecule has 306 valence electrons. The lowest BCUT2D eigenvalue weighted by Crippen LogP contribution is -2.29. The number of anilines is 3. The lowest BCUT2D eigenvalue weighted by atomic mass is 9.65. The molecule has 0 fully saturated rings. The zero-order chi connectivity index (χ0) is 43.3. The molecule has 0 aliphatic heterocycles. The van der Waals surface area contributed by atoms with Crippen LogP contribution in [-0.2, 0) is 5.41 Å². The third-order valence-electron chi connectivity index (χ3n) is 14.6. The van der Waals surface area contributed by atoms with Crippen LogP contribution in [0.1, 0.15) is 22.3 Å². The van der Waals surface area contributed by atoms with E-state index in [0.717, 1.165) is 17.1 Å². The van der Waals surface area contributed by atoms with Crippen LogP contribution in [0.15, 0.2) is 249 Å². The van der Waals surface area contributed by atoms with Crippen LogP contribution in [0.5, 0.6) is 0 Å². The summed E-state index contributed by atoms with van der Waals surface area (Å²) in [5, 5.41) is 7.85. The molecule has 66 heavy (non-hydrogen) atoms. The molecule has 0 N–H and O–H groups in total. The second kappa shape index (κ2) is 14.2. The van der Waals surface area contributed by atoms with Crippen LogP contribution in [0.4, 0.5) is 17.1 Å². The van der Waals surface area contributed by atoms with E-state index < -0.39 is 5.41 Å². The predicted octanol–water partition coefficient (Wildman–Crippen LogP) is 17.4. The molecule has 0 bridgehead atoms. The van der Waals surface area contributed by atoms with Crippen LogP contribution in [0.25, 0.3) is 88.0 Å². The first-order valence-corrected chi connectivity index (χ1v) is 23.0. The van der Waals surface area contributed by atoms with Crippen molar-refractivity contribution >= 4 is 49.4 Å². The van der Waals surface area contributed by atoms with Gasteiger partial charge < -0.3 is 4.90 Å². The Labute approximate surface area is 384 Å². The summed E-state index contributed by atoms with van der Waals surface area (Å²) < 4.78 is 0.